The van der Waals surface area contributed by atoms with Crippen molar-refractivity contribution >= 4 is 33.2 Å². The van der Waals surface area contributed by atoms with E-state index in [2.05, 4.69) is 5.32 Å². The Bertz CT molecular complexity index is 888. The van der Waals surface area contributed by atoms with Crippen molar-refractivity contribution in [2.75, 3.05) is 10.6 Å². The number of benzene rings is 2. The summed E-state index contributed by atoms with van der Waals surface area (Å²) in [4.78, 5) is 12.9. The number of nitrogens with zero attached hydrogens (tertiary/aromatic N) is 1. The highest BCUT2D eigenvalue weighted by Gasteiger charge is 2.32. The first-order valence-corrected chi connectivity index (χ1v) is 11.5. The van der Waals surface area contributed by atoms with E-state index in [1.807, 2.05) is 37.3 Å². The Labute approximate surface area is 172 Å². The van der Waals surface area contributed by atoms with Crippen molar-refractivity contribution < 1.29 is 13.2 Å². The van der Waals surface area contributed by atoms with Crippen LogP contribution in [-0.4, -0.2) is 32.7 Å². The van der Waals surface area contributed by atoms with Crippen LogP contribution >= 0.6 is 11.6 Å². The van der Waals surface area contributed by atoms with Crippen LogP contribution in [0.5, 0.6) is 0 Å². The molecule has 0 aliphatic heterocycles. The second-order valence-electron chi connectivity index (χ2n) is 6.90. The Morgan fingerprint density at radius 3 is 2.39 bits per heavy atom. The Kier molecular flexibility index (Phi) is 7.89. The normalized spacial score (nSPS) is 13.6. The SMILES string of the molecule is CC[C@H](C(=O)N[C@@H](C)CCc1ccccc1)N(c1cccc(Cl)c1)S(C)(=O)=O. The van der Waals surface area contributed by atoms with Gasteiger partial charge in [-0.3, -0.25) is 9.10 Å². The summed E-state index contributed by atoms with van der Waals surface area (Å²) in [7, 11) is -3.67. The number of amides is 1. The summed E-state index contributed by atoms with van der Waals surface area (Å²) < 4.78 is 26.0. The van der Waals surface area contributed by atoms with Gasteiger partial charge >= 0.3 is 0 Å². The summed E-state index contributed by atoms with van der Waals surface area (Å²) in [6.07, 6.45) is 3.05. The Balaban J connectivity index is 2.12. The van der Waals surface area contributed by atoms with Gasteiger partial charge in [-0.05, 0) is 49.9 Å². The maximum absolute atomic E-state index is 12.9. The van der Waals surface area contributed by atoms with Gasteiger partial charge in [0.25, 0.3) is 0 Å². The Morgan fingerprint density at radius 1 is 1.14 bits per heavy atom. The van der Waals surface area contributed by atoms with Crippen LogP contribution in [0, 0.1) is 0 Å². The molecule has 0 saturated carbocycles. The molecule has 0 unspecified atom stereocenters. The number of hydrogen-bond donors (Lipinski definition) is 1. The van der Waals surface area contributed by atoms with Crippen LogP contribution in [0.25, 0.3) is 0 Å². The number of halogens is 1. The molecule has 0 radical (unpaired) electrons. The van der Waals surface area contributed by atoms with Crippen LogP contribution in [0.2, 0.25) is 5.02 Å². The van der Waals surface area contributed by atoms with Gasteiger partial charge in [-0.2, -0.15) is 0 Å². The standard InChI is InChI=1S/C21H27ClN2O3S/c1-4-20(24(28(3,26)27)19-12-8-11-18(22)15-19)21(25)23-16(2)13-14-17-9-6-5-7-10-17/h5-12,15-16,20H,4,13-14H2,1-3H3,(H,23,25)/t16-,20+/m0/s1. The van der Waals surface area contributed by atoms with Crippen LogP contribution in [0.4, 0.5) is 5.69 Å². The fourth-order valence-corrected chi connectivity index (χ4v) is 4.50. The zero-order valence-corrected chi connectivity index (χ0v) is 18.0. The number of anilines is 1. The maximum atomic E-state index is 12.9. The number of sulfonamides is 1. The summed E-state index contributed by atoms with van der Waals surface area (Å²) in [5, 5.41) is 3.37. The molecular weight excluding hydrogens is 396 g/mol. The van der Waals surface area contributed by atoms with E-state index in [0.29, 0.717) is 17.1 Å². The molecule has 152 valence electrons. The minimum atomic E-state index is -3.67. The average molecular weight is 423 g/mol. The summed E-state index contributed by atoms with van der Waals surface area (Å²) in [6, 6.07) is 15.6. The number of aryl methyl sites for hydroxylation is 1. The van der Waals surface area contributed by atoms with E-state index >= 15 is 0 Å². The van der Waals surface area contributed by atoms with Gasteiger partial charge in [0, 0.05) is 11.1 Å². The fraction of sp³-hybridized carbons (Fsp3) is 0.381. The van der Waals surface area contributed by atoms with E-state index < -0.39 is 16.1 Å². The number of rotatable bonds is 9. The van der Waals surface area contributed by atoms with E-state index in [0.717, 1.165) is 23.4 Å². The molecule has 0 heterocycles. The lowest BCUT2D eigenvalue weighted by Crippen LogP contribution is -2.51. The van der Waals surface area contributed by atoms with E-state index in [1.54, 1.807) is 31.2 Å². The number of hydrogen-bond acceptors (Lipinski definition) is 3. The molecule has 2 aromatic rings. The molecule has 0 aliphatic rings. The molecule has 28 heavy (non-hydrogen) atoms. The third-order valence-electron chi connectivity index (χ3n) is 4.49. The first-order chi connectivity index (χ1) is 13.2. The molecule has 0 bridgehead atoms. The van der Waals surface area contributed by atoms with Crippen molar-refractivity contribution in [3.8, 4) is 0 Å². The first kappa shape index (κ1) is 22.2. The van der Waals surface area contributed by atoms with E-state index in [9.17, 15) is 13.2 Å². The lowest BCUT2D eigenvalue weighted by molar-refractivity contribution is -0.122. The predicted octanol–water partition coefficient (Wildman–Crippen LogP) is 4.02. The molecule has 0 spiro atoms. The molecule has 5 nitrogen and oxygen atoms in total. The van der Waals surface area contributed by atoms with Gasteiger partial charge in [-0.25, -0.2) is 8.42 Å². The van der Waals surface area contributed by atoms with E-state index in [1.165, 1.54) is 5.56 Å². The highest BCUT2D eigenvalue weighted by atomic mass is 35.5. The molecule has 2 aromatic carbocycles. The van der Waals surface area contributed by atoms with Gasteiger partial charge in [0.15, 0.2) is 0 Å². The molecule has 0 saturated heterocycles. The highest BCUT2D eigenvalue weighted by molar-refractivity contribution is 7.92. The smallest absolute Gasteiger partial charge is 0.244 e. The second kappa shape index (κ2) is 9.94. The molecular formula is C21H27ClN2O3S. The van der Waals surface area contributed by atoms with Crippen molar-refractivity contribution in [2.24, 2.45) is 0 Å². The van der Waals surface area contributed by atoms with Crippen LogP contribution < -0.4 is 9.62 Å². The third kappa shape index (κ3) is 6.24. The van der Waals surface area contributed by atoms with Crippen LogP contribution in [0.1, 0.15) is 32.3 Å². The maximum Gasteiger partial charge on any atom is 0.244 e. The Morgan fingerprint density at radius 2 is 1.82 bits per heavy atom. The summed E-state index contributed by atoms with van der Waals surface area (Å²) in [5.74, 6) is -0.312. The van der Waals surface area contributed by atoms with Gasteiger partial charge in [0.2, 0.25) is 15.9 Å². The van der Waals surface area contributed by atoms with Crippen LogP contribution in [0.15, 0.2) is 54.6 Å². The minimum absolute atomic E-state index is 0.0810. The van der Waals surface area contributed by atoms with Gasteiger partial charge in [-0.15, -0.1) is 0 Å². The lowest BCUT2D eigenvalue weighted by atomic mass is 10.1. The lowest BCUT2D eigenvalue weighted by Gasteiger charge is -2.31. The summed E-state index contributed by atoms with van der Waals surface area (Å²) >= 11 is 6.03. The molecule has 2 rings (SSSR count). The predicted molar refractivity (Wildman–Crippen MR) is 115 cm³/mol. The molecule has 1 amide bonds. The summed E-state index contributed by atoms with van der Waals surface area (Å²) in [6.45, 7) is 3.72. The zero-order valence-electron chi connectivity index (χ0n) is 16.4. The molecule has 0 aromatic heterocycles. The molecule has 0 aliphatic carbocycles. The average Bonchev–Trinajstić information content (AvgIpc) is 2.64. The third-order valence-corrected chi connectivity index (χ3v) is 5.90. The zero-order chi connectivity index (χ0) is 20.7. The van der Waals surface area contributed by atoms with E-state index in [4.69, 9.17) is 11.6 Å². The topological polar surface area (TPSA) is 66.5 Å². The van der Waals surface area contributed by atoms with Crippen molar-refractivity contribution in [1.29, 1.82) is 0 Å². The molecule has 2 atom stereocenters. The fourth-order valence-electron chi connectivity index (χ4n) is 3.11. The molecule has 1 N–H and O–H groups in total. The van der Waals surface area contributed by atoms with E-state index in [-0.39, 0.29) is 11.9 Å². The van der Waals surface area contributed by atoms with Crippen LogP contribution in [0.3, 0.4) is 0 Å². The van der Waals surface area contributed by atoms with Crippen molar-refractivity contribution in [1.82, 2.24) is 5.32 Å². The Hall–Kier alpha value is -2.05. The van der Waals surface area contributed by atoms with Gasteiger partial charge in [0.1, 0.15) is 6.04 Å². The monoisotopic (exact) mass is 422 g/mol. The van der Waals surface area contributed by atoms with Crippen molar-refractivity contribution in [3.05, 3.63) is 65.2 Å². The minimum Gasteiger partial charge on any atom is -0.352 e. The first-order valence-electron chi connectivity index (χ1n) is 9.31. The largest absolute Gasteiger partial charge is 0.352 e. The number of carbonyl (C=O) groups is 1. The van der Waals surface area contributed by atoms with Gasteiger partial charge in [-0.1, -0.05) is 54.9 Å². The number of carbonyl (C=O) groups excluding carboxylic acids is 1. The van der Waals surface area contributed by atoms with Gasteiger partial charge < -0.3 is 5.32 Å². The van der Waals surface area contributed by atoms with Gasteiger partial charge in [0.05, 0.1) is 11.9 Å². The number of nitrogens with one attached hydrogen (secondary N) is 1. The second-order valence-corrected chi connectivity index (χ2v) is 9.19. The van der Waals surface area contributed by atoms with Crippen molar-refractivity contribution in [2.45, 2.75) is 45.2 Å². The summed E-state index contributed by atoms with van der Waals surface area (Å²) in [5.41, 5.74) is 1.58. The van der Waals surface area contributed by atoms with Crippen molar-refractivity contribution in [3.63, 3.8) is 0 Å². The molecule has 7 heteroatoms. The molecule has 0 fully saturated rings. The van der Waals surface area contributed by atoms with Crippen LogP contribution in [-0.2, 0) is 21.2 Å². The quantitative estimate of drug-likeness (QED) is 0.663. The highest BCUT2D eigenvalue weighted by Crippen LogP contribution is 2.25.